The van der Waals surface area contributed by atoms with Gasteiger partial charge in [0.15, 0.2) is 5.76 Å². The maximum absolute atomic E-state index is 12.6. The van der Waals surface area contributed by atoms with E-state index in [1.807, 2.05) is 45.0 Å². The summed E-state index contributed by atoms with van der Waals surface area (Å²) in [4.78, 5) is 14.2. The third-order valence-electron chi connectivity index (χ3n) is 4.60. The first-order valence-corrected chi connectivity index (χ1v) is 9.46. The van der Waals surface area contributed by atoms with Crippen LogP contribution in [0, 0.1) is 20.8 Å². The molecule has 0 saturated heterocycles. The zero-order chi connectivity index (χ0) is 20.3. The zero-order valence-corrected chi connectivity index (χ0v) is 17.3. The number of furan rings is 1. The number of halogens is 1. The number of ether oxygens (including phenoxy) is 1. The van der Waals surface area contributed by atoms with Crippen LogP contribution in [0.5, 0.6) is 5.75 Å². The Hall–Kier alpha value is -2.73. The van der Waals surface area contributed by atoms with Crippen molar-refractivity contribution < 1.29 is 13.9 Å². The summed E-state index contributed by atoms with van der Waals surface area (Å²) in [6.45, 7) is 7.04. The Labute approximate surface area is 169 Å². The number of amides is 1. The first kappa shape index (κ1) is 20.0. The topological polar surface area (TPSA) is 60.5 Å². The van der Waals surface area contributed by atoms with Crippen LogP contribution in [0.3, 0.4) is 0 Å². The average Bonchev–Trinajstić information content (AvgIpc) is 3.23. The van der Waals surface area contributed by atoms with Gasteiger partial charge >= 0.3 is 0 Å². The normalized spacial score (nSPS) is 10.9. The lowest BCUT2D eigenvalue weighted by Crippen LogP contribution is -2.30. The summed E-state index contributed by atoms with van der Waals surface area (Å²) in [6.07, 6.45) is 0. The minimum Gasteiger partial charge on any atom is -0.491 e. The second-order valence-corrected chi connectivity index (χ2v) is 7.13. The van der Waals surface area contributed by atoms with Gasteiger partial charge in [0.2, 0.25) is 0 Å². The fourth-order valence-corrected chi connectivity index (χ4v) is 2.99. The summed E-state index contributed by atoms with van der Waals surface area (Å²) in [5.74, 6) is 1.58. The van der Waals surface area contributed by atoms with Crippen molar-refractivity contribution in [1.82, 2.24) is 14.7 Å². The van der Waals surface area contributed by atoms with E-state index in [9.17, 15) is 4.79 Å². The summed E-state index contributed by atoms with van der Waals surface area (Å²) in [5, 5.41) is 5.03. The summed E-state index contributed by atoms with van der Waals surface area (Å²) in [5.41, 5.74) is 2.71. The number of carbonyl (C=O) groups excluding carboxylic acids is 1. The highest BCUT2D eigenvalue weighted by Crippen LogP contribution is 2.21. The van der Waals surface area contributed by atoms with Gasteiger partial charge < -0.3 is 14.1 Å². The molecule has 28 heavy (non-hydrogen) atoms. The second-order valence-electron chi connectivity index (χ2n) is 6.75. The monoisotopic (exact) mass is 401 g/mol. The van der Waals surface area contributed by atoms with Crippen molar-refractivity contribution in [2.75, 3.05) is 20.2 Å². The molecule has 3 aromatic rings. The van der Waals surface area contributed by atoms with Crippen molar-refractivity contribution in [1.29, 1.82) is 0 Å². The van der Waals surface area contributed by atoms with E-state index < -0.39 is 0 Å². The van der Waals surface area contributed by atoms with E-state index in [-0.39, 0.29) is 5.91 Å². The molecule has 0 fully saturated rings. The van der Waals surface area contributed by atoms with Gasteiger partial charge in [-0.3, -0.25) is 9.48 Å². The van der Waals surface area contributed by atoms with Gasteiger partial charge in [-0.1, -0.05) is 29.8 Å². The second kappa shape index (κ2) is 8.52. The maximum Gasteiger partial charge on any atom is 0.289 e. The minimum atomic E-state index is -0.189. The molecule has 1 amide bonds. The van der Waals surface area contributed by atoms with E-state index in [1.165, 1.54) is 0 Å². The Morgan fingerprint density at radius 2 is 1.96 bits per heavy atom. The van der Waals surface area contributed by atoms with Gasteiger partial charge in [0.05, 0.1) is 29.5 Å². The van der Waals surface area contributed by atoms with Gasteiger partial charge in [-0.2, -0.15) is 5.10 Å². The van der Waals surface area contributed by atoms with Gasteiger partial charge in [0.25, 0.3) is 5.91 Å². The van der Waals surface area contributed by atoms with E-state index in [4.69, 9.17) is 20.8 Å². The zero-order valence-electron chi connectivity index (χ0n) is 16.5. The average molecular weight is 402 g/mol. The van der Waals surface area contributed by atoms with Gasteiger partial charge in [-0.15, -0.1) is 0 Å². The summed E-state index contributed by atoms with van der Waals surface area (Å²) >= 11 is 6.18. The maximum atomic E-state index is 12.6. The highest BCUT2D eigenvalue weighted by Gasteiger charge is 2.17. The molecule has 2 heterocycles. The molecule has 0 aliphatic carbocycles. The van der Waals surface area contributed by atoms with Crippen LogP contribution in [0.2, 0.25) is 5.02 Å². The van der Waals surface area contributed by atoms with E-state index in [0.717, 1.165) is 22.7 Å². The number of carbonyl (C=O) groups is 1. The molecule has 2 aromatic heterocycles. The van der Waals surface area contributed by atoms with Gasteiger partial charge in [-0.05, 0) is 44.5 Å². The van der Waals surface area contributed by atoms with Crippen LogP contribution in [-0.4, -0.2) is 40.8 Å². The predicted molar refractivity (Wildman–Crippen MR) is 108 cm³/mol. The van der Waals surface area contributed by atoms with Crippen LogP contribution in [0.15, 0.2) is 40.8 Å². The van der Waals surface area contributed by atoms with Crippen molar-refractivity contribution in [2.24, 2.45) is 0 Å². The molecular weight excluding hydrogens is 378 g/mol. The number of hydrogen-bond donors (Lipinski definition) is 0. The van der Waals surface area contributed by atoms with Gasteiger partial charge in [-0.25, -0.2) is 0 Å². The molecule has 1 aromatic carbocycles. The molecule has 0 N–H and O–H groups in total. The third-order valence-corrected chi connectivity index (χ3v) is 5.14. The first-order chi connectivity index (χ1) is 13.4. The summed E-state index contributed by atoms with van der Waals surface area (Å²) in [7, 11) is 1.73. The molecule has 3 rings (SSSR count). The molecule has 0 aliphatic rings. The fourth-order valence-electron chi connectivity index (χ4n) is 2.86. The smallest absolute Gasteiger partial charge is 0.289 e. The number of aryl methyl sites for hydroxylation is 2. The Morgan fingerprint density at radius 3 is 2.64 bits per heavy atom. The highest BCUT2D eigenvalue weighted by molar-refractivity contribution is 6.31. The number of rotatable bonds is 7. The molecule has 0 radical (unpaired) electrons. The lowest BCUT2D eigenvalue weighted by atomic mass is 10.2. The minimum absolute atomic E-state index is 0.189. The van der Waals surface area contributed by atoms with E-state index in [2.05, 4.69) is 5.10 Å². The molecule has 0 aliphatic heterocycles. The molecule has 0 unspecified atom stereocenters. The van der Waals surface area contributed by atoms with Crippen LogP contribution in [0.25, 0.3) is 0 Å². The molecule has 148 valence electrons. The number of likely N-dealkylation sites (N-methyl/N-ethyl adjacent to an activating group) is 1. The van der Waals surface area contributed by atoms with Crippen LogP contribution >= 0.6 is 11.6 Å². The van der Waals surface area contributed by atoms with E-state index in [1.54, 1.807) is 28.8 Å². The van der Waals surface area contributed by atoms with Crippen LogP contribution in [-0.2, 0) is 6.54 Å². The Morgan fingerprint density at radius 1 is 1.21 bits per heavy atom. The number of aromatic nitrogens is 2. The third kappa shape index (κ3) is 4.39. The van der Waals surface area contributed by atoms with Gasteiger partial charge in [0, 0.05) is 7.05 Å². The Bertz CT molecular complexity index is 977. The van der Waals surface area contributed by atoms with Gasteiger partial charge in [0.1, 0.15) is 18.1 Å². The molecule has 6 nitrogen and oxygen atoms in total. The summed E-state index contributed by atoms with van der Waals surface area (Å²) < 4.78 is 13.2. The fraction of sp³-hybridized carbons (Fsp3) is 0.333. The van der Waals surface area contributed by atoms with E-state index >= 15 is 0 Å². The lowest BCUT2D eigenvalue weighted by molar-refractivity contribution is 0.0740. The summed E-state index contributed by atoms with van der Waals surface area (Å²) in [6, 6.07) is 11.3. The lowest BCUT2D eigenvalue weighted by Gasteiger charge is -2.16. The first-order valence-electron chi connectivity index (χ1n) is 9.09. The van der Waals surface area contributed by atoms with Crippen LogP contribution in [0.4, 0.5) is 0 Å². The Kier molecular flexibility index (Phi) is 6.09. The SMILES string of the molecule is Cc1ccccc1OCCN(C)C(=O)c1ccc(Cn2nc(C)c(Cl)c2C)o1. The van der Waals surface area contributed by atoms with Crippen molar-refractivity contribution in [3.63, 3.8) is 0 Å². The quantitative estimate of drug-likeness (QED) is 0.593. The molecule has 0 spiro atoms. The van der Waals surface area contributed by atoms with Crippen molar-refractivity contribution >= 4 is 17.5 Å². The molecular formula is C21H24ClN3O3. The molecule has 0 saturated carbocycles. The Balaban J connectivity index is 1.57. The number of hydrogen-bond acceptors (Lipinski definition) is 4. The predicted octanol–water partition coefficient (Wildman–Crippen LogP) is 4.25. The number of nitrogens with zero attached hydrogens (tertiary/aromatic N) is 3. The molecule has 0 atom stereocenters. The van der Waals surface area contributed by atoms with E-state index in [0.29, 0.717) is 36.2 Å². The van der Waals surface area contributed by atoms with Crippen molar-refractivity contribution in [2.45, 2.75) is 27.3 Å². The standard InChI is InChI=1S/C21H24ClN3O3/c1-14-7-5-6-8-18(14)27-12-11-24(4)21(26)19-10-9-17(28-19)13-25-16(3)20(22)15(2)23-25/h5-10H,11-13H2,1-4H3. The van der Waals surface area contributed by atoms with Crippen molar-refractivity contribution in [3.05, 3.63) is 69.9 Å². The number of benzene rings is 1. The molecule has 7 heteroatoms. The molecule has 0 bridgehead atoms. The number of para-hydroxylation sites is 1. The van der Waals surface area contributed by atoms with Crippen molar-refractivity contribution in [3.8, 4) is 5.75 Å². The van der Waals surface area contributed by atoms with Crippen LogP contribution in [0.1, 0.15) is 33.3 Å². The van der Waals surface area contributed by atoms with Crippen LogP contribution < -0.4 is 4.74 Å². The largest absolute Gasteiger partial charge is 0.491 e. The highest BCUT2D eigenvalue weighted by atomic mass is 35.5.